The van der Waals surface area contributed by atoms with Crippen molar-refractivity contribution in [3.05, 3.63) is 74.3 Å². The fraction of sp³-hybridized carbons (Fsp3) is 0.371. The van der Waals surface area contributed by atoms with E-state index >= 15 is 4.39 Å². The predicted octanol–water partition coefficient (Wildman–Crippen LogP) is 5.24. The Bertz CT molecular complexity index is 2330. The summed E-state index contributed by atoms with van der Waals surface area (Å²) in [6, 6.07) is 8.74. The Morgan fingerprint density at radius 1 is 1.02 bits per heavy atom. The predicted molar refractivity (Wildman–Crippen MR) is 188 cm³/mol. The zero-order valence-corrected chi connectivity index (χ0v) is 27.8. The molecular weight excluding hydrogens is 649 g/mol. The van der Waals surface area contributed by atoms with Gasteiger partial charge in [-0.1, -0.05) is 0 Å². The molecular formula is C35H38FN7O7. The Morgan fingerprint density at radius 3 is 2.60 bits per heavy atom. The minimum absolute atomic E-state index is 0.0139. The number of H-pyrrole nitrogens is 1. The van der Waals surface area contributed by atoms with E-state index in [4.69, 9.17) is 13.6 Å². The molecule has 3 aromatic heterocycles. The summed E-state index contributed by atoms with van der Waals surface area (Å²) >= 11 is 0. The Hall–Kier alpha value is -5.25. The van der Waals surface area contributed by atoms with Crippen molar-refractivity contribution >= 4 is 67.1 Å². The average molecular weight is 688 g/mol. The van der Waals surface area contributed by atoms with Gasteiger partial charge in [-0.3, -0.25) is 24.6 Å². The molecule has 0 unspecified atom stereocenters. The number of halogens is 1. The number of aromatic amines is 1. The van der Waals surface area contributed by atoms with E-state index in [-0.39, 0.29) is 33.5 Å². The van der Waals surface area contributed by atoms with E-state index in [1.165, 1.54) is 18.3 Å². The van der Waals surface area contributed by atoms with Crippen LogP contribution in [0.2, 0.25) is 0 Å². The zero-order chi connectivity index (χ0) is 34.9. The normalized spacial score (nSPS) is 14.1. The lowest BCUT2D eigenvalue weighted by atomic mass is 10.1. The Kier molecular flexibility index (Phi) is 9.27. The summed E-state index contributed by atoms with van der Waals surface area (Å²) in [5, 5.41) is 17.4. The van der Waals surface area contributed by atoms with Crippen molar-refractivity contribution in [2.45, 2.75) is 19.3 Å². The molecule has 1 aliphatic rings. The lowest BCUT2D eigenvalue weighted by Gasteiger charge is -2.26. The molecule has 0 bridgehead atoms. The Balaban J connectivity index is 1.34. The number of non-ortho nitro benzene ring substituents is 1. The molecule has 1 aliphatic heterocycles. The molecule has 0 spiro atoms. The molecule has 262 valence electrons. The van der Waals surface area contributed by atoms with Gasteiger partial charge in [-0.05, 0) is 58.6 Å². The largest absolute Gasteiger partial charge is 0.453 e. The van der Waals surface area contributed by atoms with Crippen LogP contribution < -0.4 is 16.1 Å². The van der Waals surface area contributed by atoms with Crippen molar-refractivity contribution < 1.29 is 27.7 Å². The van der Waals surface area contributed by atoms with Crippen molar-refractivity contribution in [2.24, 2.45) is 0 Å². The number of morpholine rings is 1. The molecule has 1 saturated heterocycles. The zero-order valence-electron chi connectivity index (χ0n) is 27.8. The number of anilines is 1. The summed E-state index contributed by atoms with van der Waals surface area (Å²) in [6.07, 6.45) is 3.80. The molecule has 6 aromatic rings. The maximum Gasteiger partial charge on any atom is 0.273 e. The van der Waals surface area contributed by atoms with Crippen LogP contribution in [0.5, 0.6) is 0 Å². The second kappa shape index (κ2) is 13.9. The number of carbonyl (C=O) groups is 1. The number of nitro benzene ring substituents is 1. The highest BCUT2D eigenvalue weighted by molar-refractivity contribution is 6.06. The number of hydrogen-bond donors (Lipinski definition) is 3. The second-order valence-corrected chi connectivity index (χ2v) is 12.8. The highest BCUT2D eigenvalue weighted by Crippen LogP contribution is 2.35. The highest BCUT2D eigenvalue weighted by Gasteiger charge is 2.24. The van der Waals surface area contributed by atoms with Gasteiger partial charge >= 0.3 is 0 Å². The van der Waals surface area contributed by atoms with Gasteiger partial charge in [0.05, 0.1) is 46.1 Å². The number of nitrogens with zero attached hydrogens (tertiary/aromatic N) is 4. The number of benzene rings is 3. The van der Waals surface area contributed by atoms with E-state index in [9.17, 15) is 19.7 Å². The van der Waals surface area contributed by atoms with Crippen LogP contribution in [-0.4, -0.2) is 96.6 Å². The van der Waals surface area contributed by atoms with Gasteiger partial charge in [0.15, 0.2) is 28.1 Å². The number of nitro groups is 1. The van der Waals surface area contributed by atoms with Gasteiger partial charge in [0.1, 0.15) is 16.8 Å². The van der Waals surface area contributed by atoms with Gasteiger partial charge in [-0.2, -0.15) is 0 Å². The van der Waals surface area contributed by atoms with Crippen molar-refractivity contribution in [1.82, 2.24) is 24.5 Å². The van der Waals surface area contributed by atoms with E-state index in [0.29, 0.717) is 66.0 Å². The number of aromatic nitrogens is 2. The van der Waals surface area contributed by atoms with Crippen LogP contribution in [0.25, 0.3) is 49.8 Å². The van der Waals surface area contributed by atoms with E-state index < -0.39 is 22.1 Å². The molecule has 1 amide bonds. The number of amides is 1. The molecule has 15 heteroatoms. The van der Waals surface area contributed by atoms with Crippen LogP contribution >= 0.6 is 0 Å². The lowest BCUT2D eigenvalue weighted by molar-refractivity contribution is -0.384. The molecule has 7 rings (SSSR count). The van der Waals surface area contributed by atoms with E-state index in [2.05, 4.69) is 25.4 Å². The first-order chi connectivity index (χ1) is 24.2. The highest BCUT2D eigenvalue weighted by atomic mass is 19.1. The average Bonchev–Trinajstić information content (AvgIpc) is 3.10. The molecule has 0 saturated carbocycles. The third-order valence-corrected chi connectivity index (χ3v) is 9.01. The number of ether oxygens (including phenoxy) is 1. The summed E-state index contributed by atoms with van der Waals surface area (Å²) < 4.78 is 35.4. The summed E-state index contributed by atoms with van der Waals surface area (Å²) in [7, 11) is 3.98. The lowest BCUT2D eigenvalue weighted by Crippen LogP contribution is -2.38. The van der Waals surface area contributed by atoms with Crippen LogP contribution in [0.3, 0.4) is 0 Å². The molecule has 50 heavy (non-hydrogen) atoms. The number of carbonyl (C=O) groups excluding carboxylic acids is 1. The maximum atomic E-state index is 15.9. The van der Waals surface area contributed by atoms with E-state index in [1.54, 1.807) is 22.6 Å². The monoisotopic (exact) mass is 687 g/mol. The van der Waals surface area contributed by atoms with Crippen molar-refractivity contribution in [1.29, 1.82) is 0 Å². The summed E-state index contributed by atoms with van der Waals surface area (Å²) in [5.74, 6) is -1.25. The second-order valence-electron chi connectivity index (χ2n) is 12.8. The molecule has 3 N–H and O–H groups in total. The van der Waals surface area contributed by atoms with Crippen LogP contribution in [-0.2, 0) is 4.74 Å². The molecule has 0 aliphatic carbocycles. The van der Waals surface area contributed by atoms with Gasteiger partial charge in [-0.25, -0.2) is 4.39 Å². The quantitative estimate of drug-likeness (QED) is 0.0510. The SMILES string of the molecule is CN(C)CCCCNc1c(F)cc2c(=O)c(C(=O)NCCCN3CCOCC3)cn3c4cc5oc6cc([N+](=O)[O-])ccc6[nH]c5cc4oc1c23. The van der Waals surface area contributed by atoms with E-state index in [1.807, 2.05) is 14.1 Å². The minimum atomic E-state index is -0.676. The maximum absolute atomic E-state index is 15.9. The fourth-order valence-corrected chi connectivity index (χ4v) is 6.42. The Morgan fingerprint density at radius 2 is 1.82 bits per heavy atom. The first-order valence-electron chi connectivity index (χ1n) is 16.7. The van der Waals surface area contributed by atoms with Gasteiger partial charge in [0, 0.05) is 50.6 Å². The van der Waals surface area contributed by atoms with Crippen LogP contribution in [0, 0.1) is 15.9 Å². The number of nitrogens with one attached hydrogen (secondary N) is 3. The number of unbranched alkanes of at least 4 members (excludes halogenated alkanes) is 1. The minimum Gasteiger partial charge on any atom is -0.453 e. The van der Waals surface area contributed by atoms with Crippen molar-refractivity contribution in [3.8, 4) is 0 Å². The standard InChI is InChI=1S/C35H38FN7O7/c1-40(2)10-4-3-8-37-31-24(36)17-22-32-34(31)50-30-18-26-29(49-28-16-21(43(46)47)6-7-25(28)39-26)19-27(30)42(32)20-23(33(22)44)35(45)38-9-5-11-41-12-14-48-15-13-41/h6-7,16-20,37,39H,3-5,8-15H2,1-2H3,(H,38,45). The first-order valence-corrected chi connectivity index (χ1v) is 16.7. The molecule has 0 radical (unpaired) electrons. The van der Waals surface area contributed by atoms with Crippen molar-refractivity contribution in [3.63, 3.8) is 0 Å². The first kappa shape index (κ1) is 33.3. The summed E-state index contributed by atoms with van der Waals surface area (Å²) in [5.41, 5.74) is 2.01. The Labute approximate surface area is 284 Å². The summed E-state index contributed by atoms with van der Waals surface area (Å²) in [6.45, 7) is 5.50. The van der Waals surface area contributed by atoms with Crippen LogP contribution in [0.4, 0.5) is 15.8 Å². The van der Waals surface area contributed by atoms with Crippen molar-refractivity contribution in [2.75, 3.05) is 71.9 Å². The molecule has 0 atom stereocenters. The molecule has 3 aromatic carbocycles. The van der Waals surface area contributed by atoms with Gasteiger partial charge < -0.3 is 38.5 Å². The summed E-state index contributed by atoms with van der Waals surface area (Å²) in [4.78, 5) is 45.8. The number of rotatable bonds is 12. The number of fused-ring (bicyclic) bond motifs is 4. The number of pyridine rings is 1. The van der Waals surface area contributed by atoms with Gasteiger partial charge in [-0.15, -0.1) is 0 Å². The third kappa shape index (κ3) is 6.54. The molecule has 14 nitrogen and oxygen atoms in total. The van der Waals surface area contributed by atoms with Gasteiger partial charge in [0.25, 0.3) is 11.6 Å². The third-order valence-electron chi connectivity index (χ3n) is 9.01. The smallest absolute Gasteiger partial charge is 0.273 e. The number of hydrogen-bond acceptors (Lipinski definition) is 10. The topological polar surface area (TPSA) is 164 Å². The van der Waals surface area contributed by atoms with E-state index in [0.717, 1.165) is 45.1 Å². The van der Waals surface area contributed by atoms with Crippen LogP contribution in [0.15, 0.2) is 56.2 Å². The fourth-order valence-electron chi connectivity index (χ4n) is 6.42. The molecule has 4 heterocycles. The van der Waals surface area contributed by atoms with Gasteiger partial charge in [0.2, 0.25) is 5.43 Å². The molecule has 1 fully saturated rings. The van der Waals surface area contributed by atoms with Crippen LogP contribution in [0.1, 0.15) is 29.6 Å².